The van der Waals surface area contributed by atoms with E-state index in [1.54, 1.807) is 0 Å². The fourth-order valence-electron chi connectivity index (χ4n) is 0. The van der Waals surface area contributed by atoms with Gasteiger partial charge in [0.25, 0.3) is 0 Å². The molecule has 0 heterocycles. The van der Waals surface area contributed by atoms with Crippen molar-refractivity contribution in [2.75, 3.05) is 19.8 Å². The van der Waals surface area contributed by atoms with Crippen molar-refractivity contribution in [3.8, 4) is 0 Å². The molecule has 13 heavy (non-hydrogen) atoms. The summed E-state index contributed by atoms with van der Waals surface area (Å²) < 4.78 is 0. The van der Waals surface area contributed by atoms with Crippen LogP contribution in [-0.2, 0) is 0 Å². The van der Waals surface area contributed by atoms with Crippen LogP contribution in [0.5, 0.6) is 0 Å². The molecule has 0 aromatic carbocycles. The second-order valence-electron chi connectivity index (χ2n) is 2.11. The van der Waals surface area contributed by atoms with Crippen molar-refractivity contribution in [1.82, 2.24) is 0 Å². The Kier molecular flexibility index (Phi) is 69.2. The Morgan fingerprint density at radius 3 is 0.692 bits per heavy atom. The van der Waals surface area contributed by atoms with Gasteiger partial charge in [-0.25, -0.2) is 0 Å². The Morgan fingerprint density at radius 2 is 0.692 bits per heavy atom. The van der Waals surface area contributed by atoms with Crippen LogP contribution in [0, 0.1) is 49.4 Å². The minimum Gasteiger partial charge on any atom is -0.854 e. The molecule has 82 valence electrons. The van der Waals surface area contributed by atoms with Crippen LogP contribution in [-0.4, -0.2) is 19.8 Å². The van der Waals surface area contributed by atoms with E-state index in [-0.39, 0.29) is 69.2 Å². The summed E-state index contributed by atoms with van der Waals surface area (Å²) in [6.45, 7) is 5.81. The van der Waals surface area contributed by atoms with Crippen LogP contribution in [0.15, 0.2) is 0 Å². The zero-order valence-electron chi connectivity index (χ0n) is 8.85. The molecule has 0 aromatic rings. The third-order valence-electron chi connectivity index (χ3n) is 0.612. The van der Waals surface area contributed by atoms with Crippen molar-refractivity contribution in [2.45, 2.75) is 40.0 Å². The molecule has 0 aliphatic rings. The molecule has 0 saturated heterocycles. The molecule has 0 aromatic heterocycles. The van der Waals surface area contributed by atoms with Gasteiger partial charge in [-0.2, -0.15) is 0 Å². The monoisotopic (exact) mass is 330 g/mol. The van der Waals surface area contributed by atoms with E-state index in [9.17, 15) is 15.3 Å². The maximum absolute atomic E-state index is 9.30. The molecule has 0 amide bonds. The topological polar surface area (TPSA) is 69.2 Å². The molecule has 0 spiro atoms. The Labute approximate surface area is 123 Å². The molecular formula is C9H21EuO3. The van der Waals surface area contributed by atoms with Gasteiger partial charge in [0.05, 0.1) is 0 Å². The van der Waals surface area contributed by atoms with Crippen LogP contribution >= 0.6 is 0 Å². The van der Waals surface area contributed by atoms with Gasteiger partial charge in [0.2, 0.25) is 0 Å². The minimum absolute atomic E-state index is 0. The quantitative estimate of drug-likeness (QED) is 0.686. The van der Waals surface area contributed by atoms with E-state index in [0.717, 1.165) is 19.3 Å². The molecule has 0 saturated carbocycles. The first-order chi connectivity index (χ1) is 5.74. The second-order valence-corrected chi connectivity index (χ2v) is 2.11. The van der Waals surface area contributed by atoms with Crippen molar-refractivity contribution in [2.24, 2.45) is 0 Å². The Morgan fingerprint density at radius 1 is 0.615 bits per heavy atom. The smallest absolute Gasteiger partial charge is 0.854 e. The predicted molar refractivity (Wildman–Crippen MR) is 45.5 cm³/mol. The molecule has 0 aliphatic heterocycles. The summed E-state index contributed by atoms with van der Waals surface area (Å²) in [6.07, 6.45) is 2.29. The standard InChI is InChI=1S/3C3H7O.Eu/c3*1-2-3-4;/h3*2-3H2,1H3;/q3*-1;+3. The summed E-state index contributed by atoms with van der Waals surface area (Å²) in [5, 5.41) is 27.9. The van der Waals surface area contributed by atoms with E-state index >= 15 is 0 Å². The van der Waals surface area contributed by atoms with E-state index in [2.05, 4.69) is 0 Å². The van der Waals surface area contributed by atoms with E-state index in [0.29, 0.717) is 0 Å². The van der Waals surface area contributed by atoms with E-state index < -0.39 is 0 Å². The zero-order chi connectivity index (χ0) is 10.2. The molecular weight excluding hydrogens is 308 g/mol. The van der Waals surface area contributed by atoms with Crippen molar-refractivity contribution < 1.29 is 64.7 Å². The van der Waals surface area contributed by atoms with Gasteiger partial charge >= 0.3 is 49.4 Å². The van der Waals surface area contributed by atoms with Crippen LogP contribution in [0.4, 0.5) is 0 Å². The Balaban J connectivity index is -0.0000000450. The van der Waals surface area contributed by atoms with Gasteiger partial charge in [0, 0.05) is 0 Å². The SMILES string of the molecule is CCC[O-].CCC[O-].CCC[O-].[Eu+3]. The van der Waals surface area contributed by atoms with Gasteiger partial charge < -0.3 is 15.3 Å². The first kappa shape index (κ1) is 23.9. The molecule has 0 radical (unpaired) electrons. The number of rotatable bonds is 3. The van der Waals surface area contributed by atoms with E-state index in [4.69, 9.17) is 0 Å². The average molecular weight is 329 g/mol. The van der Waals surface area contributed by atoms with Crippen molar-refractivity contribution in [3.63, 3.8) is 0 Å². The molecule has 0 N–H and O–H groups in total. The van der Waals surface area contributed by atoms with Crippen LogP contribution in [0.1, 0.15) is 40.0 Å². The summed E-state index contributed by atoms with van der Waals surface area (Å²) in [7, 11) is 0. The average Bonchev–Trinajstić information content (AvgIpc) is 2.18. The maximum Gasteiger partial charge on any atom is 3.00 e. The van der Waals surface area contributed by atoms with Gasteiger partial charge in [0.15, 0.2) is 0 Å². The number of hydrogen-bond acceptors (Lipinski definition) is 3. The van der Waals surface area contributed by atoms with E-state index in [1.165, 1.54) is 0 Å². The summed E-state index contributed by atoms with van der Waals surface area (Å²) in [4.78, 5) is 0. The van der Waals surface area contributed by atoms with E-state index in [1.807, 2.05) is 20.8 Å². The summed E-state index contributed by atoms with van der Waals surface area (Å²) in [5.41, 5.74) is 0. The molecule has 3 nitrogen and oxygen atoms in total. The third kappa shape index (κ3) is 88.8. The van der Waals surface area contributed by atoms with Crippen molar-refractivity contribution >= 4 is 0 Å². The van der Waals surface area contributed by atoms with Crippen molar-refractivity contribution in [3.05, 3.63) is 0 Å². The molecule has 0 fully saturated rings. The van der Waals surface area contributed by atoms with Crippen LogP contribution in [0.25, 0.3) is 0 Å². The Hall–Kier alpha value is 1.46. The van der Waals surface area contributed by atoms with Crippen LogP contribution < -0.4 is 15.3 Å². The number of hydrogen-bond donors (Lipinski definition) is 0. The van der Waals surface area contributed by atoms with Gasteiger partial charge in [-0.1, -0.05) is 40.0 Å². The molecule has 0 unspecified atom stereocenters. The largest absolute Gasteiger partial charge is 3.00 e. The molecule has 4 heteroatoms. The minimum atomic E-state index is 0. The normalized spacial score (nSPS) is 6.92. The molecule has 0 rings (SSSR count). The Bertz CT molecular complexity index is 30.3. The van der Waals surface area contributed by atoms with Gasteiger partial charge in [0.1, 0.15) is 0 Å². The molecule has 0 atom stereocenters. The first-order valence-corrected chi connectivity index (χ1v) is 4.49. The zero-order valence-corrected chi connectivity index (χ0v) is 11.3. The van der Waals surface area contributed by atoms with Gasteiger partial charge in [-0.3, -0.25) is 0 Å². The fraction of sp³-hybridized carbons (Fsp3) is 1.00. The second kappa shape index (κ2) is 37.5. The van der Waals surface area contributed by atoms with Crippen molar-refractivity contribution in [1.29, 1.82) is 0 Å². The maximum atomic E-state index is 9.30. The summed E-state index contributed by atoms with van der Waals surface area (Å²) >= 11 is 0. The first-order valence-electron chi connectivity index (χ1n) is 4.49. The fourth-order valence-corrected chi connectivity index (χ4v) is 0. The predicted octanol–water partition coefficient (Wildman–Crippen LogP) is -0.730. The molecule has 0 bridgehead atoms. The third-order valence-corrected chi connectivity index (χ3v) is 0.612. The summed E-state index contributed by atoms with van der Waals surface area (Å²) in [6, 6.07) is 0. The van der Waals surface area contributed by atoms with Crippen LogP contribution in [0.2, 0.25) is 0 Å². The molecule has 0 aliphatic carbocycles. The van der Waals surface area contributed by atoms with Gasteiger partial charge in [-0.05, 0) is 0 Å². The summed E-state index contributed by atoms with van der Waals surface area (Å²) in [5.74, 6) is 0. The van der Waals surface area contributed by atoms with Crippen LogP contribution in [0.3, 0.4) is 0 Å². The van der Waals surface area contributed by atoms with Gasteiger partial charge in [-0.15, -0.1) is 19.8 Å².